The van der Waals surface area contributed by atoms with Gasteiger partial charge in [0.25, 0.3) is 0 Å². The van der Waals surface area contributed by atoms with E-state index in [0.29, 0.717) is 5.92 Å². The summed E-state index contributed by atoms with van der Waals surface area (Å²) in [6, 6.07) is 2.28. The summed E-state index contributed by atoms with van der Waals surface area (Å²) in [5.41, 5.74) is 4.62. The fourth-order valence-corrected chi connectivity index (χ4v) is 5.60. The Bertz CT molecular complexity index is 970. The molecule has 0 radical (unpaired) electrons. The van der Waals surface area contributed by atoms with Crippen LogP contribution >= 0.6 is 11.9 Å². The van der Waals surface area contributed by atoms with Crippen LogP contribution in [0.5, 0.6) is 5.75 Å². The Morgan fingerprint density at radius 3 is 2.61 bits per heavy atom. The fraction of sp³-hybridized carbons (Fsp3) is 0.542. The third-order valence-electron chi connectivity index (χ3n) is 7.04. The van der Waals surface area contributed by atoms with Crippen LogP contribution in [-0.4, -0.2) is 57.3 Å². The van der Waals surface area contributed by atoms with Gasteiger partial charge in [-0.1, -0.05) is 18.0 Å². The van der Waals surface area contributed by atoms with Gasteiger partial charge in [0, 0.05) is 44.1 Å². The van der Waals surface area contributed by atoms with E-state index in [1.807, 2.05) is 37.5 Å². The Kier molecular flexibility index (Phi) is 5.65. The van der Waals surface area contributed by atoms with Crippen molar-refractivity contribution in [1.82, 2.24) is 19.3 Å². The minimum atomic E-state index is -0.149. The Labute approximate surface area is 189 Å². The molecule has 7 heteroatoms. The number of hydrogen-bond acceptors (Lipinski definition) is 7. The molecule has 0 aliphatic carbocycles. The second-order valence-corrected chi connectivity index (χ2v) is 9.98. The molecular formula is C24H31N5OS. The highest BCUT2D eigenvalue weighted by Gasteiger charge is 2.43. The third-order valence-corrected chi connectivity index (χ3v) is 7.89. The number of pyridine rings is 1. The molecule has 164 valence electrons. The lowest BCUT2D eigenvalue weighted by atomic mass is 9.79. The van der Waals surface area contributed by atoms with E-state index >= 15 is 0 Å². The number of aromatic nitrogens is 3. The molecule has 31 heavy (non-hydrogen) atoms. The van der Waals surface area contributed by atoms with Crippen molar-refractivity contribution in [3.05, 3.63) is 47.7 Å². The van der Waals surface area contributed by atoms with Crippen LogP contribution in [0.1, 0.15) is 43.1 Å². The van der Waals surface area contributed by atoms with E-state index in [1.165, 1.54) is 11.1 Å². The molecule has 3 aliphatic heterocycles. The van der Waals surface area contributed by atoms with Gasteiger partial charge in [0.05, 0.1) is 30.0 Å². The molecule has 0 saturated carbocycles. The van der Waals surface area contributed by atoms with Crippen molar-refractivity contribution in [2.45, 2.75) is 45.1 Å². The van der Waals surface area contributed by atoms with Crippen LogP contribution in [0.2, 0.25) is 0 Å². The lowest BCUT2D eigenvalue weighted by molar-refractivity contribution is 0.0348. The smallest absolute Gasteiger partial charge is 0.147 e. The molecule has 1 saturated heterocycles. The Morgan fingerprint density at radius 2 is 1.94 bits per heavy atom. The zero-order chi connectivity index (χ0) is 21.4. The van der Waals surface area contributed by atoms with Crippen molar-refractivity contribution in [1.29, 1.82) is 0 Å². The van der Waals surface area contributed by atoms with Gasteiger partial charge < -0.3 is 9.64 Å². The number of ether oxygens (including phenoxy) is 1. The topological polar surface area (TPSA) is 54.4 Å². The average Bonchev–Trinajstić information content (AvgIpc) is 3.16. The molecular weight excluding hydrogens is 406 g/mol. The van der Waals surface area contributed by atoms with E-state index in [1.54, 1.807) is 0 Å². The highest BCUT2D eigenvalue weighted by molar-refractivity contribution is 7.96. The second-order valence-electron chi connectivity index (χ2n) is 9.10. The summed E-state index contributed by atoms with van der Waals surface area (Å²) < 4.78 is 8.91. The predicted octanol–water partition coefficient (Wildman–Crippen LogP) is 4.16. The van der Waals surface area contributed by atoms with Gasteiger partial charge in [0.15, 0.2) is 0 Å². The molecule has 0 N–H and O–H groups in total. The molecule has 6 nitrogen and oxygen atoms in total. The molecule has 5 rings (SSSR count). The monoisotopic (exact) mass is 437 g/mol. The van der Waals surface area contributed by atoms with Crippen molar-refractivity contribution in [3.8, 4) is 5.75 Å². The van der Waals surface area contributed by atoms with Gasteiger partial charge in [0.2, 0.25) is 0 Å². The van der Waals surface area contributed by atoms with Crippen LogP contribution in [0, 0.1) is 12.8 Å². The summed E-state index contributed by atoms with van der Waals surface area (Å²) in [5.74, 6) is 2.49. The molecule has 1 atom stereocenters. The van der Waals surface area contributed by atoms with Crippen molar-refractivity contribution in [2.24, 2.45) is 5.92 Å². The molecule has 0 bridgehead atoms. The summed E-state index contributed by atoms with van der Waals surface area (Å²) >= 11 is 1.82. The molecule has 0 spiro atoms. The maximum absolute atomic E-state index is 6.53. The number of hydrogen-bond donors (Lipinski definition) is 0. The van der Waals surface area contributed by atoms with Crippen molar-refractivity contribution in [3.63, 3.8) is 0 Å². The highest BCUT2D eigenvalue weighted by Crippen LogP contribution is 2.43. The van der Waals surface area contributed by atoms with Gasteiger partial charge in [-0.2, -0.15) is 0 Å². The quantitative estimate of drug-likeness (QED) is 0.666. The summed E-state index contributed by atoms with van der Waals surface area (Å²) in [5, 5.41) is 0. The van der Waals surface area contributed by atoms with Gasteiger partial charge in [0.1, 0.15) is 17.2 Å². The van der Waals surface area contributed by atoms with E-state index in [2.05, 4.69) is 44.5 Å². The fourth-order valence-electron chi connectivity index (χ4n) is 5.10. The normalized spacial score (nSPS) is 24.6. The molecule has 0 aromatic carbocycles. The largest absolute Gasteiger partial charge is 0.485 e. The molecule has 3 aliphatic rings. The molecule has 5 heterocycles. The van der Waals surface area contributed by atoms with Gasteiger partial charge in [-0.15, -0.1) is 0 Å². The summed E-state index contributed by atoms with van der Waals surface area (Å²) in [7, 11) is 0. The molecule has 1 fully saturated rings. The summed E-state index contributed by atoms with van der Waals surface area (Å²) in [6.07, 6.45) is 14.4. The van der Waals surface area contributed by atoms with Crippen molar-refractivity contribution >= 4 is 23.3 Å². The van der Waals surface area contributed by atoms with Crippen LogP contribution in [0.3, 0.4) is 0 Å². The van der Waals surface area contributed by atoms with Crippen LogP contribution in [0.4, 0.5) is 5.82 Å². The van der Waals surface area contributed by atoms with Crippen LogP contribution in [-0.2, 0) is 6.42 Å². The van der Waals surface area contributed by atoms with E-state index in [0.717, 1.165) is 74.8 Å². The van der Waals surface area contributed by atoms with E-state index in [9.17, 15) is 0 Å². The molecule has 1 unspecified atom stereocenters. The molecule has 0 amide bonds. The zero-order valence-electron chi connectivity index (χ0n) is 18.7. The Hall–Kier alpha value is -2.12. The number of rotatable bonds is 4. The first kappa shape index (κ1) is 20.8. The third kappa shape index (κ3) is 4.17. The minimum Gasteiger partial charge on any atom is -0.485 e. The van der Waals surface area contributed by atoms with E-state index < -0.39 is 0 Å². The number of fused-ring (bicyclic) bond motifs is 1. The molecule has 2 aromatic rings. The van der Waals surface area contributed by atoms with Crippen molar-refractivity contribution < 1.29 is 4.74 Å². The molecule has 2 aromatic heterocycles. The Balaban J connectivity index is 1.25. The van der Waals surface area contributed by atoms with Crippen molar-refractivity contribution in [2.75, 3.05) is 37.3 Å². The lowest BCUT2D eigenvalue weighted by Gasteiger charge is -2.40. The van der Waals surface area contributed by atoms with Crippen LogP contribution < -0.4 is 9.64 Å². The minimum absolute atomic E-state index is 0.149. The number of aryl methyl sites for hydroxylation is 1. The Morgan fingerprint density at radius 1 is 1.10 bits per heavy atom. The summed E-state index contributed by atoms with van der Waals surface area (Å²) in [6.45, 7) is 8.34. The first-order valence-corrected chi connectivity index (χ1v) is 12.4. The highest BCUT2D eigenvalue weighted by atomic mass is 32.2. The number of piperidine rings is 1. The first-order valence-electron chi connectivity index (χ1n) is 11.2. The van der Waals surface area contributed by atoms with Crippen LogP contribution in [0.25, 0.3) is 5.57 Å². The van der Waals surface area contributed by atoms with Gasteiger partial charge in [-0.3, -0.25) is 9.97 Å². The predicted molar refractivity (Wildman–Crippen MR) is 126 cm³/mol. The van der Waals surface area contributed by atoms with Gasteiger partial charge in [-0.25, -0.2) is 9.29 Å². The first-order chi connectivity index (χ1) is 15.0. The zero-order valence-corrected chi connectivity index (χ0v) is 19.5. The van der Waals surface area contributed by atoms with E-state index in [-0.39, 0.29) is 5.60 Å². The average molecular weight is 438 g/mol. The maximum atomic E-state index is 6.53. The van der Waals surface area contributed by atoms with Gasteiger partial charge in [-0.05, 0) is 51.0 Å². The van der Waals surface area contributed by atoms with E-state index in [4.69, 9.17) is 9.72 Å². The summed E-state index contributed by atoms with van der Waals surface area (Å²) in [4.78, 5) is 16.1. The second kappa shape index (κ2) is 8.43. The van der Waals surface area contributed by atoms with Gasteiger partial charge >= 0.3 is 0 Å². The lowest BCUT2D eigenvalue weighted by Crippen LogP contribution is -2.46. The SMILES string of the molecule is CSN1CC=C(c2cc3c(cn2)OC(C)(C2CCN(c4cnc(C)cn4)CC2)C3)CC1. The number of nitrogens with zero attached hydrogens (tertiary/aromatic N) is 5. The maximum Gasteiger partial charge on any atom is 0.147 e. The number of anilines is 1. The van der Waals surface area contributed by atoms with Crippen LogP contribution in [0.15, 0.2) is 30.7 Å². The standard InChI is InChI=1S/C24H31N5OS/c1-17-14-27-23(16-25-17)28-8-6-20(7-9-28)24(2)13-19-12-21(26-15-22(19)30-24)18-4-10-29(31-3)11-5-18/h4,12,14-16,20H,5-11,13H2,1-3H3.